The highest BCUT2D eigenvalue weighted by atomic mass is 32.2. The van der Waals surface area contributed by atoms with E-state index in [9.17, 15) is 19.7 Å². The average Bonchev–Trinajstić information content (AvgIpc) is 3.41. The number of thiazole rings is 1. The van der Waals surface area contributed by atoms with Crippen LogP contribution < -0.4 is 15.4 Å². The van der Waals surface area contributed by atoms with Gasteiger partial charge in [0, 0.05) is 39.2 Å². The van der Waals surface area contributed by atoms with Gasteiger partial charge in [-0.15, -0.1) is 23.1 Å². The topological polar surface area (TPSA) is 123 Å². The zero-order chi connectivity index (χ0) is 27.8. The van der Waals surface area contributed by atoms with Crippen molar-refractivity contribution in [2.24, 2.45) is 0 Å². The highest BCUT2D eigenvalue weighted by molar-refractivity contribution is 8.00. The number of anilines is 2. The summed E-state index contributed by atoms with van der Waals surface area (Å²) >= 11 is 2.75. The Kier molecular flexibility index (Phi) is 9.29. The highest BCUT2D eigenvalue weighted by Gasteiger charge is 2.20. The normalized spacial score (nSPS) is 11.4. The lowest BCUT2D eigenvalue weighted by Gasteiger charge is -2.14. The van der Waals surface area contributed by atoms with Crippen molar-refractivity contribution in [3.63, 3.8) is 0 Å². The summed E-state index contributed by atoms with van der Waals surface area (Å²) in [5, 5.41) is 18.6. The maximum atomic E-state index is 13.0. The van der Waals surface area contributed by atoms with Gasteiger partial charge >= 0.3 is 0 Å². The number of hydrogen-bond acceptors (Lipinski definition) is 8. The van der Waals surface area contributed by atoms with Crippen LogP contribution in [0.5, 0.6) is 5.75 Å². The predicted octanol–water partition coefficient (Wildman–Crippen LogP) is 6.88. The zero-order valence-corrected chi connectivity index (χ0v) is 22.9. The maximum absolute atomic E-state index is 13.0. The van der Waals surface area contributed by atoms with Gasteiger partial charge in [-0.25, -0.2) is 4.98 Å². The molecule has 3 aromatic carbocycles. The minimum absolute atomic E-state index is 0.0843. The summed E-state index contributed by atoms with van der Waals surface area (Å²) in [5.74, 6) is 0.252. The van der Waals surface area contributed by atoms with Gasteiger partial charge in [0.15, 0.2) is 5.13 Å². The highest BCUT2D eigenvalue weighted by Crippen LogP contribution is 2.31. The Morgan fingerprint density at radius 2 is 1.79 bits per heavy atom. The number of ether oxygens (including phenoxy) is 1. The SMILES string of the molecule is CCOc1ccc(-c2csc(NC(=O)C(CC)Sc3cccc(NC(=O)c4ccc([N+](=O)[O-])cc4)c3)n2)cc1. The summed E-state index contributed by atoms with van der Waals surface area (Å²) < 4.78 is 5.48. The molecule has 0 radical (unpaired) electrons. The molecule has 4 rings (SSSR count). The second-order valence-corrected chi connectivity index (χ2v) is 10.4. The molecule has 9 nitrogen and oxygen atoms in total. The molecule has 0 aliphatic carbocycles. The number of benzene rings is 3. The summed E-state index contributed by atoms with van der Waals surface area (Å²) in [5.41, 5.74) is 2.48. The molecule has 1 heterocycles. The van der Waals surface area contributed by atoms with Crippen LogP contribution in [0, 0.1) is 10.1 Å². The van der Waals surface area contributed by atoms with E-state index < -0.39 is 4.92 Å². The fraction of sp³-hybridized carbons (Fsp3) is 0.179. The lowest BCUT2D eigenvalue weighted by Crippen LogP contribution is -2.24. The van der Waals surface area contributed by atoms with E-state index in [-0.39, 0.29) is 22.8 Å². The molecule has 39 heavy (non-hydrogen) atoms. The van der Waals surface area contributed by atoms with Crippen LogP contribution in [0.15, 0.2) is 83.1 Å². The first-order chi connectivity index (χ1) is 18.9. The number of carbonyl (C=O) groups is 2. The standard InChI is InChI=1S/C28H26N4O5S2/c1-3-25(27(34)31-28-30-24(17-38-28)18-10-14-22(15-11-18)37-4-2)39-23-7-5-6-20(16-23)29-26(33)19-8-12-21(13-9-19)32(35)36/h5-17,25H,3-4H2,1-2H3,(H,29,33)(H,30,31,34). The molecule has 4 aromatic rings. The number of nitrogens with one attached hydrogen (secondary N) is 2. The molecule has 200 valence electrons. The van der Waals surface area contributed by atoms with Crippen LogP contribution in [-0.2, 0) is 4.79 Å². The lowest BCUT2D eigenvalue weighted by molar-refractivity contribution is -0.384. The van der Waals surface area contributed by atoms with Gasteiger partial charge in [0.05, 0.1) is 22.5 Å². The average molecular weight is 563 g/mol. The van der Waals surface area contributed by atoms with E-state index in [1.807, 2.05) is 49.6 Å². The first kappa shape index (κ1) is 27.8. The number of thioether (sulfide) groups is 1. The number of carbonyl (C=O) groups excluding carboxylic acids is 2. The molecule has 2 amide bonds. The number of rotatable bonds is 11. The second kappa shape index (κ2) is 13.0. The number of non-ortho nitro benzene ring substituents is 1. The van der Waals surface area contributed by atoms with Gasteiger partial charge in [-0.3, -0.25) is 19.7 Å². The van der Waals surface area contributed by atoms with Crippen molar-refractivity contribution in [3.05, 3.63) is 93.9 Å². The summed E-state index contributed by atoms with van der Waals surface area (Å²) in [6.45, 7) is 4.47. The number of nitro benzene ring substituents is 1. The van der Waals surface area contributed by atoms with Gasteiger partial charge in [0.2, 0.25) is 5.91 Å². The molecule has 0 bridgehead atoms. The van der Waals surface area contributed by atoms with Crippen LogP contribution in [0.25, 0.3) is 11.3 Å². The molecule has 0 spiro atoms. The van der Waals surface area contributed by atoms with E-state index in [1.165, 1.54) is 47.4 Å². The first-order valence-electron chi connectivity index (χ1n) is 12.2. The first-order valence-corrected chi connectivity index (χ1v) is 13.9. The Bertz CT molecular complexity index is 1460. The monoisotopic (exact) mass is 562 g/mol. The van der Waals surface area contributed by atoms with E-state index in [1.54, 1.807) is 18.2 Å². The molecular weight excluding hydrogens is 536 g/mol. The van der Waals surface area contributed by atoms with Crippen LogP contribution in [0.1, 0.15) is 30.6 Å². The third kappa shape index (κ3) is 7.43. The largest absolute Gasteiger partial charge is 0.494 e. The number of hydrogen-bond donors (Lipinski definition) is 2. The Balaban J connectivity index is 1.37. The molecule has 0 saturated heterocycles. The molecule has 0 saturated carbocycles. The van der Waals surface area contributed by atoms with Crippen molar-refractivity contribution >= 4 is 51.4 Å². The van der Waals surface area contributed by atoms with Gasteiger partial charge in [0.25, 0.3) is 11.6 Å². The zero-order valence-electron chi connectivity index (χ0n) is 21.2. The van der Waals surface area contributed by atoms with Crippen LogP contribution in [0.4, 0.5) is 16.5 Å². The molecule has 1 aromatic heterocycles. The Hall–Kier alpha value is -4.22. The molecule has 11 heteroatoms. The Morgan fingerprint density at radius 1 is 1.05 bits per heavy atom. The van der Waals surface area contributed by atoms with Crippen molar-refractivity contribution < 1.29 is 19.2 Å². The Morgan fingerprint density at radius 3 is 2.46 bits per heavy atom. The summed E-state index contributed by atoms with van der Waals surface area (Å²) in [6, 6.07) is 20.2. The minimum atomic E-state index is -0.516. The maximum Gasteiger partial charge on any atom is 0.269 e. The number of amides is 2. The van der Waals surface area contributed by atoms with Crippen molar-refractivity contribution in [1.29, 1.82) is 0 Å². The van der Waals surface area contributed by atoms with Gasteiger partial charge in [0.1, 0.15) is 5.75 Å². The number of aromatic nitrogens is 1. The summed E-state index contributed by atoms with van der Waals surface area (Å²) in [6.07, 6.45) is 0.590. The van der Waals surface area contributed by atoms with Crippen LogP contribution >= 0.6 is 23.1 Å². The third-order valence-electron chi connectivity index (χ3n) is 5.57. The third-order valence-corrected chi connectivity index (χ3v) is 7.68. The quantitative estimate of drug-likeness (QED) is 0.116. The smallest absolute Gasteiger partial charge is 0.269 e. The van der Waals surface area contributed by atoms with E-state index in [0.29, 0.717) is 29.4 Å². The minimum Gasteiger partial charge on any atom is -0.494 e. The summed E-state index contributed by atoms with van der Waals surface area (Å²) in [4.78, 5) is 41.3. The van der Waals surface area contributed by atoms with Crippen LogP contribution in [0.3, 0.4) is 0 Å². The second-order valence-electron chi connectivity index (χ2n) is 8.29. The van der Waals surface area contributed by atoms with Crippen LogP contribution in [-0.4, -0.2) is 33.6 Å². The van der Waals surface area contributed by atoms with Crippen molar-refractivity contribution in [1.82, 2.24) is 4.98 Å². The van der Waals surface area contributed by atoms with E-state index >= 15 is 0 Å². The molecule has 0 aliphatic rings. The van der Waals surface area contributed by atoms with E-state index in [2.05, 4.69) is 15.6 Å². The molecule has 2 N–H and O–H groups in total. The molecule has 1 unspecified atom stereocenters. The molecular formula is C28H26N4O5S2. The molecule has 0 aliphatic heterocycles. The van der Waals surface area contributed by atoms with Gasteiger partial charge < -0.3 is 15.4 Å². The fourth-order valence-corrected chi connectivity index (χ4v) is 5.35. The van der Waals surface area contributed by atoms with Crippen LogP contribution in [0.2, 0.25) is 0 Å². The molecule has 1 atom stereocenters. The van der Waals surface area contributed by atoms with Gasteiger partial charge in [-0.2, -0.15) is 0 Å². The number of nitrogens with zero attached hydrogens (tertiary/aromatic N) is 2. The van der Waals surface area contributed by atoms with Gasteiger partial charge in [-0.05, 0) is 67.9 Å². The van der Waals surface area contributed by atoms with E-state index in [0.717, 1.165) is 21.9 Å². The fourth-order valence-electron chi connectivity index (χ4n) is 3.61. The van der Waals surface area contributed by atoms with Crippen molar-refractivity contribution in [2.45, 2.75) is 30.4 Å². The number of nitro groups is 1. The lowest BCUT2D eigenvalue weighted by atomic mass is 10.2. The predicted molar refractivity (Wildman–Crippen MR) is 155 cm³/mol. The van der Waals surface area contributed by atoms with Crippen molar-refractivity contribution in [3.8, 4) is 17.0 Å². The Labute approximate surface area is 233 Å². The molecule has 0 fully saturated rings. The van der Waals surface area contributed by atoms with Gasteiger partial charge in [-0.1, -0.05) is 13.0 Å². The van der Waals surface area contributed by atoms with Crippen molar-refractivity contribution in [2.75, 3.05) is 17.2 Å². The summed E-state index contributed by atoms with van der Waals surface area (Å²) in [7, 11) is 0. The van der Waals surface area contributed by atoms with E-state index in [4.69, 9.17) is 4.74 Å².